The van der Waals surface area contributed by atoms with Gasteiger partial charge in [0.25, 0.3) is 0 Å². The van der Waals surface area contributed by atoms with E-state index >= 15 is 0 Å². The van der Waals surface area contributed by atoms with Crippen molar-refractivity contribution in [3.63, 3.8) is 0 Å². The van der Waals surface area contributed by atoms with E-state index < -0.39 is 0 Å². The van der Waals surface area contributed by atoms with Crippen molar-refractivity contribution in [2.24, 2.45) is 0 Å². The molecule has 0 saturated carbocycles. The molecule has 1 rings (SSSR count). The Bertz CT molecular complexity index is 341. The fourth-order valence-electron chi connectivity index (χ4n) is 1.15. The van der Waals surface area contributed by atoms with Crippen molar-refractivity contribution in [1.29, 1.82) is 5.41 Å². The van der Waals surface area contributed by atoms with Crippen molar-refractivity contribution in [3.8, 4) is 0 Å². The first-order valence-electron chi connectivity index (χ1n) is 4.53. The fourth-order valence-corrected chi connectivity index (χ4v) is 1.42. The summed E-state index contributed by atoms with van der Waals surface area (Å²) in [5.41, 5.74) is 1.81. The highest BCUT2D eigenvalue weighted by atomic mass is 32.1. The first kappa shape index (κ1) is 11.2. The van der Waals surface area contributed by atoms with Gasteiger partial charge in [-0.15, -0.1) is 12.6 Å². The average molecular weight is 206 g/mol. The second kappa shape index (κ2) is 5.10. The molecule has 0 aliphatic rings. The van der Waals surface area contributed by atoms with Crippen LogP contribution < -0.4 is 5.46 Å². The maximum atomic E-state index is 7.61. The highest BCUT2D eigenvalue weighted by molar-refractivity contribution is 7.80. The number of benzene rings is 1. The SMILES string of the molecule is C[B]c1cc(C(=N)OCC)ccc1S. The van der Waals surface area contributed by atoms with Gasteiger partial charge in [0.1, 0.15) is 7.28 Å². The van der Waals surface area contributed by atoms with E-state index in [2.05, 4.69) is 12.6 Å². The molecule has 1 N–H and O–H groups in total. The third-order valence-electron chi connectivity index (χ3n) is 1.89. The summed E-state index contributed by atoms with van der Waals surface area (Å²) in [6.45, 7) is 4.34. The number of rotatable bonds is 3. The van der Waals surface area contributed by atoms with Gasteiger partial charge < -0.3 is 4.74 Å². The summed E-state index contributed by atoms with van der Waals surface area (Å²) in [5.74, 6) is 0.212. The molecule has 0 unspecified atom stereocenters. The Morgan fingerprint density at radius 2 is 2.29 bits per heavy atom. The lowest BCUT2D eigenvalue weighted by Crippen LogP contribution is -2.16. The zero-order valence-corrected chi connectivity index (χ0v) is 9.27. The van der Waals surface area contributed by atoms with Gasteiger partial charge in [0, 0.05) is 5.56 Å². The van der Waals surface area contributed by atoms with Gasteiger partial charge in [0.2, 0.25) is 5.90 Å². The summed E-state index contributed by atoms with van der Waals surface area (Å²) in [6, 6.07) is 5.62. The summed E-state index contributed by atoms with van der Waals surface area (Å²) in [4.78, 5) is 0.917. The van der Waals surface area contributed by atoms with Gasteiger partial charge in [-0.05, 0) is 24.0 Å². The van der Waals surface area contributed by atoms with Gasteiger partial charge in [0.15, 0.2) is 0 Å². The molecule has 0 amide bonds. The molecule has 1 aromatic rings. The van der Waals surface area contributed by atoms with Gasteiger partial charge in [-0.2, -0.15) is 0 Å². The number of hydrogen-bond acceptors (Lipinski definition) is 3. The van der Waals surface area contributed by atoms with Crippen molar-refractivity contribution in [1.82, 2.24) is 0 Å². The van der Waals surface area contributed by atoms with Crippen LogP contribution in [0.2, 0.25) is 6.82 Å². The normalized spacial score (nSPS) is 9.64. The maximum absolute atomic E-state index is 7.61. The molecule has 2 nitrogen and oxygen atoms in total. The lowest BCUT2D eigenvalue weighted by molar-refractivity contribution is 0.325. The third kappa shape index (κ3) is 2.55. The van der Waals surface area contributed by atoms with Crippen LogP contribution in [-0.2, 0) is 4.74 Å². The second-order valence-electron chi connectivity index (χ2n) is 2.82. The molecule has 0 spiro atoms. The highest BCUT2D eigenvalue weighted by Gasteiger charge is 2.04. The monoisotopic (exact) mass is 206 g/mol. The van der Waals surface area contributed by atoms with E-state index in [1.54, 1.807) is 0 Å². The quantitative estimate of drug-likeness (QED) is 0.335. The molecular formula is C10H13BNOS. The van der Waals surface area contributed by atoms with E-state index in [0.717, 1.165) is 15.9 Å². The lowest BCUT2D eigenvalue weighted by atomic mass is 9.73. The number of nitrogens with one attached hydrogen (secondary N) is 1. The Morgan fingerprint density at radius 1 is 1.57 bits per heavy atom. The van der Waals surface area contributed by atoms with E-state index in [4.69, 9.17) is 10.1 Å². The molecule has 1 aromatic carbocycles. The van der Waals surface area contributed by atoms with E-state index in [9.17, 15) is 0 Å². The Balaban J connectivity index is 2.94. The molecule has 4 heteroatoms. The van der Waals surface area contributed by atoms with Crippen LogP contribution in [0.5, 0.6) is 0 Å². The van der Waals surface area contributed by atoms with Gasteiger partial charge in [0.05, 0.1) is 6.61 Å². The van der Waals surface area contributed by atoms with Crippen LogP contribution in [0.4, 0.5) is 0 Å². The second-order valence-corrected chi connectivity index (χ2v) is 3.31. The van der Waals surface area contributed by atoms with Crippen molar-refractivity contribution in [2.75, 3.05) is 6.61 Å². The Hall–Kier alpha value is -0.895. The molecule has 0 aliphatic carbocycles. The molecule has 0 saturated heterocycles. The maximum Gasteiger partial charge on any atom is 0.213 e. The Labute approximate surface area is 90.8 Å². The standard InChI is InChI=1S/C10H13BNOS/c1-3-13-10(12)7-4-5-9(14)8(6-7)11-2/h4-6,12,14H,3H2,1-2H3. The summed E-state index contributed by atoms with van der Waals surface area (Å²) in [5, 5.41) is 7.61. The zero-order valence-electron chi connectivity index (χ0n) is 8.37. The van der Waals surface area contributed by atoms with Gasteiger partial charge in [-0.3, -0.25) is 5.41 Å². The van der Waals surface area contributed by atoms with Crippen LogP contribution in [0.15, 0.2) is 23.1 Å². The molecule has 0 aliphatic heterocycles. The summed E-state index contributed by atoms with van der Waals surface area (Å²) < 4.78 is 5.11. The number of ether oxygens (including phenoxy) is 1. The molecule has 0 atom stereocenters. The van der Waals surface area contributed by atoms with Crippen LogP contribution in [-0.4, -0.2) is 19.8 Å². The number of thiol groups is 1. The van der Waals surface area contributed by atoms with Crippen molar-refractivity contribution in [2.45, 2.75) is 18.6 Å². The van der Waals surface area contributed by atoms with Gasteiger partial charge in [-0.1, -0.05) is 18.4 Å². The fraction of sp³-hybridized carbons (Fsp3) is 0.300. The van der Waals surface area contributed by atoms with Crippen LogP contribution in [0, 0.1) is 5.41 Å². The van der Waals surface area contributed by atoms with Crippen LogP contribution in [0.25, 0.3) is 0 Å². The predicted octanol–water partition coefficient (Wildman–Crippen LogP) is 1.71. The molecule has 0 aromatic heterocycles. The van der Waals surface area contributed by atoms with Gasteiger partial charge in [-0.25, -0.2) is 0 Å². The molecule has 1 radical (unpaired) electrons. The van der Waals surface area contributed by atoms with E-state index in [-0.39, 0.29) is 5.90 Å². The van der Waals surface area contributed by atoms with Crippen molar-refractivity contribution >= 4 is 31.3 Å². The van der Waals surface area contributed by atoms with E-state index in [1.165, 1.54) is 0 Å². The van der Waals surface area contributed by atoms with Gasteiger partial charge >= 0.3 is 0 Å². The Kier molecular flexibility index (Phi) is 4.07. The zero-order chi connectivity index (χ0) is 10.6. The summed E-state index contributed by atoms with van der Waals surface area (Å²) in [6.07, 6.45) is 0. The smallest absolute Gasteiger partial charge is 0.213 e. The largest absolute Gasteiger partial charge is 0.478 e. The summed E-state index contributed by atoms with van der Waals surface area (Å²) >= 11 is 4.30. The molecule has 73 valence electrons. The topological polar surface area (TPSA) is 33.1 Å². The molecule has 0 bridgehead atoms. The van der Waals surface area contributed by atoms with Crippen molar-refractivity contribution in [3.05, 3.63) is 23.8 Å². The summed E-state index contributed by atoms with van der Waals surface area (Å²) in [7, 11) is 1.96. The molecule has 0 heterocycles. The first-order chi connectivity index (χ1) is 6.69. The van der Waals surface area contributed by atoms with E-state index in [0.29, 0.717) is 6.61 Å². The van der Waals surface area contributed by atoms with Crippen LogP contribution >= 0.6 is 12.6 Å². The van der Waals surface area contributed by atoms with Crippen LogP contribution in [0.3, 0.4) is 0 Å². The highest BCUT2D eigenvalue weighted by Crippen LogP contribution is 2.06. The minimum atomic E-state index is 0.212. The minimum absolute atomic E-state index is 0.212. The Morgan fingerprint density at radius 3 is 2.86 bits per heavy atom. The van der Waals surface area contributed by atoms with Crippen molar-refractivity contribution < 1.29 is 4.74 Å². The third-order valence-corrected chi connectivity index (χ3v) is 2.30. The molecule has 0 fully saturated rings. The number of hydrogen-bond donors (Lipinski definition) is 2. The van der Waals surface area contributed by atoms with E-state index in [1.807, 2.05) is 39.2 Å². The average Bonchev–Trinajstić information content (AvgIpc) is 2.19. The first-order valence-corrected chi connectivity index (χ1v) is 4.97. The lowest BCUT2D eigenvalue weighted by Gasteiger charge is -2.07. The minimum Gasteiger partial charge on any atom is -0.478 e. The molecular weight excluding hydrogens is 193 g/mol. The molecule has 14 heavy (non-hydrogen) atoms. The predicted molar refractivity (Wildman–Crippen MR) is 63.4 cm³/mol. The van der Waals surface area contributed by atoms with Crippen LogP contribution in [0.1, 0.15) is 12.5 Å².